The van der Waals surface area contributed by atoms with E-state index in [2.05, 4.69) is 26.1 Å². The highest BCUT2D eigenvalue weighted by Crippen LogP contribution is 2.25. The molecule has 0 amide bonds. The maximum absolute atomic E-state index is 5.74. The minimum atomic E-state index is 0.657. The predicted octanol–water partition coefficient (Wildman–Crippen LogP) is 3.35. The summed E-state index contributed by atoms with van der Waals surface area (Å²) in [7, 11) is 0. The summed E-state index contributed by atoms with van der Waals surface area (Å²) in [6.45, 7) is 12.0. The Balaban J connectivity index is 2.26. The van der Waals surface area contributed by atoms with Gasteiger partial charge in [0.1, 0.15) is 6.61 Å². The molecule has 0 spiro atoms. The van der Waals surface area contributed by atoms with E-state index in [4.69, 9.17) is 9.47 Å². The largest absolute Gasteiger partial charge is 0.490 e. The Morgan fingerprint density at radius 1 is 1.05 bits per heavy atom. The Morgan fingerprint density at radius 2 is 1.68 bits per heavy atom. The van der Waals surface area contributed by atoms with Crippen LogP contribution in [0.25, 0.3) is 0 Å². The third kappa shape index (κ3) is 5.97. The molecule has 1 atom stereocenters. The molecule has 0 bridgehead atoms. The average molecular weight is 265 g/mol. The van der Waals surface area contributed by atoms with Gasteiger partial charge in [-0.1, -0.05) is 32.9 Å². The van der Waals surface area contributed by atoms with Crippen LogP contribution in [0.4, 0.5) is 0 Å². The highest BCUT2D eigenvalue weighted by molar-refractivity contribution is 5.39. The Morgan fingerprint density at radius 3 is 2.26 bits per heavy atom. The van der Waals surface area contributed by atoms with Gasteiger partial charge in [-0.2, -0.15) is 0 Å². The molecule has 0 fully saturated rings. The minimum Gasteiger partial charge on any atom is -0.490 e. The van der Waals surface area contributed by atoms with Gasteiger partial charge in [0.2, 0.25) is 0 Å². The maximum Gasteiger partial charge on any atom is 0.161 e. The Kier molecular flexibility index (Phi) is 7.34. The first-order valence-electron chi connectivity index (χ1n) is 7.20. The Hall–Kier alpha value is -1.22. The molecule has 1 aromatic carbocycles. The van der Waals surface area contributed by atoms with Gasteiger partial charge in [-0.25, -0.2) is 0 Å². The van der Waals surface area contributed by atoms with E-state index in [0.29, 0.717) is 25.0 Å². The zero-order valence-corrected chi connectivity index (χ0v) is 12.6. The Labute approximate surface area is 117 Å². The number of para-hydroxylation sites is 2. The molecule has 1 aromatic rings. The summed E-state index contributed by atoms with van der Waals surface area (Å²) >= 11 is 0. The van der Waals surface area contributed by atoms with Crippen molar-refractivity contribution in [3.8, 4) is 11.5 Å². The van der Waals surface area contributed by atoms with E-state index in [1.54, 1.807) is 0 Å². The molecule has 1 rings (SSSR count). The second kappa shape index (κ2) is 8.81. The smallest absolute Gasteiger partial charge is 0.161 e. The van der Waals surface area contributed by atoms with Crippen LogP contribution in [-0.2, 0) is 0 Å². The van der Waals surface area contributed by atoms with Crippen LogP contribution in [0.5, 0.6) is 11.5 Å². The number of ether oxygens (including phenoxy) is 2. The molecular formula is C16H27NO2. The van der Waals surface area contributed by atoms with Gasteiger partial charge in [-0.15, -0.1) is 0 Å². The second-order valence-electron chi connectivity index (χ2n) is 5.15. The first-order chi connectivity index (χ1) is 9.15. The highest BCUT2D eigenvalue weighted by atomic mass is 16.5. The molecule has 0 saturated heterocycles. The number of nitrogens with one attached hydrogen (secondary N) is 1. The van der Waals surface area contributed by atoms with Gasteiger partial charge < -0.3 is 14.8 Å². The van der Waals surface area contributed by atoms with Crippen LogP contribution < -0.4 is 14.8 Å². The topological polar surface area (TPSA) is 30.5 Å². The number of hydrogen-bond donors (Lipinski definition) is 1. The fraction of sp³-hybridized carbons (Fsp3) is 0.625. The molecule has 0 heterocycles. The molecule has 0 aliphatic heterocycles. The lowest BCUT2D eigenvalue weighted by Crippen LogP contribution is -2.28. The van der Waals surface area contributed by atoms with Crippen LogP contribution in [0.15, 0.2) is 24.3 Å². The predicted molar refractivity (Wildman–Crippen MR) is 80.0 cm³/mol. The molecule has 1 unspecified atom stereocenters. The van der Waals surface area contributed by atoms with Crippen LogP contribution in [0.2, 0.25) is 0 Å². The monoisotopic (exact) mass is 265 g/mol. The molecule has 0 radical (unpaired) electrons. The molecule has 3 heteroatoms. The molecule has 19 heavy (non-hydrogen) atoms. The Bertz CT molecular complexity index is 352. The summed E-state index contributed by atoms with van der Waals surface area (Å²) in [5, 5.41) is 3.42. The van der Waals surface area contributed by atoms with Gasteiger partial charge in [0.25, 0.3) is 0 Å². The summed E-state index contributed by atoms with van der Waals surface area (Å²) in [5.74, 6) is 3.05. The van der Waals surface area contributed by atoms with E-state index in [1.807, 2.05) is 31.2 Å². The quantitative estimate of drug-likeness (QED) is 0.695. The molecule has 1 N–H and O–H groups in total. The van der Waals surface area contributed by atoms with Gasteiger partial charge in [0, 0.05) is 6.54 Å². The fourth-order valence-electron chi connectivity index (χ4n) is 1.64. The van der Waals surface area contributed by atoms with Crippen molar-refractivity contribution in [2.24, 2.45) is 11.8 Å². The average Bonchev–Trinajstić information content (AvgIpc) is 2.40. The third-order valence-electron chi connectivity index (χ3n) is 3.29. The van der Waals surface area contributed by atoms with Crippen molar-refractivity contribution in [3.05, 3.63) is 24.3 Å². The zero-order chi connectivity index (χ0) is 14.1. The van der Waals surface area contributed by atoms with Crippen molar-refractivity contribution in [1.82, 2.24) is 5.32 Å². The van der Waals surface area contributed by atoms with E-state index < -0.39 is 0 Å². The van der Waals surface area contributed by atoms with Crippen LogP contribution in [0.3, 0.4) is 0 Å². The molecule has 108 valence electrons. The third-order valence-corrected chi connectivity index (χ3v) is 3.29. The first kappa shape index (κ1) is 15.8. The molecular weight excluding hydrogens is 238 g/mol. The van der Waals surface area contributed by atoms with Crippen molar-refractivity contribution in [1.29, 1.82) is 0 Å². The lowest BCUT2D eigenvalue weighted by atomic mass is 9.98. The minimum absolute atomic E-state index is 0.657. The van der Waals surface area contributed by atoms with E-state index in [0.717, 1.165) is 24.6 Å². The van der Waals surface area contributed by atoms with E-state index in [1.165, 1.54) is 0 Å². The summed E-state index contributed by atoms with van der Waals surface area (Å²) in [6.07, 6.45) is 0. The number of rotatable bonds is 9. The number of benzene rings is 1. The summed E-state index contributed by atoms with van der Waals surface area (Å²) in [6, 6.07) is 7.81. The van der Waals surface area contributed by atoms with Crippen molar-refractivity contribution in [3.63, 3.8) is 0 Å². The van der Waals surface area contributed by atoms with Gasteiger partial charge in [0.05, 0.1) is 6.61 Å². The molecule has 3 nitrogen and oxygen atoms in total. The van der Waals surface area contributed by atoms with Gasteiger partial charge >= 0.3 is 0 Å². The van der Waals surface area contributed by atoms with E-state index in [-0.39, 0.29) is 0 Å². The van der Waals surface area contributed by atoms with Crippen LogP contribution in [0, 0.1) is 11.8 Å². The van der Waals surface area contributed by atoms with Crippen molar-refractivity contribution >= 4 is 0 Å². The maximum atomic E-state index is 5.74. The molecule has 0 aliphatic rings. The van der Waals surface area contributed by atoms with Gasteiger partial charge in [0.15, 0.2) is 11.5 Å². The van der Waals surface area contributed by atoms with E-state index in [9.17, 15) is 0 Å². The number of hydrogen-bond acceptors (Lipinski definition) is 3. The van der Waals surface area contributed by atoms with Crippen LogP contribution in [0.1, 0.15) is 27.7 Å². The van der Waals surface area contributed by atoms with Gasteiger partial charge in [-0.05, 0) is 37.4 Å². The molecule has 0 saturated carbocycles. The summed E-state index contributed by atoms with van der Waals surface area (Å²) < 4.78 is 11.3. The van der Waals surface area contributed by atoms with Crippen LogP contribution >= 0.6 is 0 Å². The fourth-order valence-corrected chi connectivity index (χ4v) is 1.64. The lowest BCUT2D eigenvalue weighted by Gasteiger charge is -2.16. The van der Waals surface area contributed by atoms with Gasteiger partial charge in [-0.3, -0.25) is 0 Å². The summed E-state index contributed by atoms with van der Waals surface area (Å²) in [5.41, 5.74) is 0. The van der Waals surface area contributed by atoms with Crippen molar-refractivity contribution in [2.45, 2.75) is 27.7 Å². The summed E-state index contributed by atoms with van der Waals surface area (Å²) in [4.78, 5) is 0. The second-order valence-corrected chi connectivity index (χ2v) is 5.15. The van der Waals surface area contributed by atoms with Crippen molar-refractivity contribution < 1.29 is 9.47 Å². The molecule has 0 aromatic heterocycles. The zero-order valence-electron chi connectivity index (χ0n) is 12.6. The SMILES string of the molecule is CCOc1ccccc1OCCNCC(C)C(C)C. The normalized spacial score (nSPS) is 12.5. The standard InChI is InChI=1S/C16H27NO2/c1-5-18-15-8-6-7-9-16(15)19-11-10-17-12-14(4)13(2)3/h6-9,13-14,17H,5,10-12H2,1-4H3. The lowest BCUT2D eigenvalue weighted by molar-refractivity contribution is 0.271. The molecule has 0 aliphatic carbocycles. The highest BCUT2D eigenvalue weighted by Gasteiger charge is 2.06. The van der Waals surface area contributed by atoms with Crippen molar-refractivity contribution in [2.75, 3.05) is 26.3 Å². The van der Waals surface area contributed by atoms with Crippen LogP contribution in [-0.4, -0.2) is 26.3 Å². The van der Waals surface area contributed by atoms with E-state index >= 15 is 0 Å². The first-order valence-corrected chi connectivity index (χ1v) is 7.20.